The molecule has 2 amide bonds. The van der Waals surface area contributed by atoms with Gasteiger partial charge in [-0.15, -0.1) is 0 Å². The minimum atomic E-state index is -3.14. The van der Waals surface area contributed by atoms with Crippen molar-refractivity contribution in [3.05, 3.63) is 0 Å². The Hall–Kier alpha value is -1.31. The van der Waals surface area contributed by atoms with E-state index in [9.17, 15) is 18.0 Å². The van der Waals surface area contributed by atoms with E-state index in [1.165, 1.54) is 6.92 Å². The fraction of sp³-hybridized carbons (Fsp3) is 0.818. The number of aliphatic carboxylic acids is 1. The molecule has 19 heavy (non-hydrogen) atoms. The van der Waals surface area contributed by atoms with Crippen LogP contribution in [0.1, 0.15) is 27.2 Å². The number of hydrogen-bond acceptors (Lipinski definition) is 4. The van der Waals surface area contributed by atoms with Gasteiger partial charge in [0.05, 0.1) is 5.75 Å². The van der Waals surface area contributed by atoms with Gasteiger partial charge in [0.15, 0.2) is 9.84 Å². The van der Waals surface area contributed by atoms with Gasteiger partial charge in [-0.3, -0.25) is 0 Å². The maximum Gasteiger partial charge on any atom is 0.326 e. The summed E-state index contributed by atoms with van der Waals surface area (Å²) < 4.78 is 22.4. The zero-order valence-corrected chi connectivity index (χ0v) is 12.3. The smallest absolute Gasteiger partial charge is 0.326 e. The Morgan fingerprint density at radius 3 is 2.26 bits per heavy atom. The minimum Gasteiger partial charge on any atom is -0.480 e. The summed E-state index contributed by atoms with van der Waals surface area (Å²) in [5.41, 5.74) is 0. The number of rotatable bonds is 8. The van der Waals surface area contributed by atoms with Gasteiger partial charge in [0.1, 0.15) is 6.04 Å². The van der Waals surface area contributed by atoms with Crippen molar-refractivity contribution in [2.75, 3.05) is 18.1 Å². The molecule has 0 saturated heterocycles. The Labute approximate surface area is 113 Å². The van der Waals surface area contributed by atoms with Gasteiger partial charge in [-0.25, -0.2) is 18.0 Å². The fourth-order valence-corrected chi connectivity index (χ4v) is 2.04. The molecule has 0 aliphatic rings. The molecule has 0 rings (SSSR count). The highest BCUT2D eigenvalue weighted by atomic mass is 32.2. The topological polar surface area (TPSA) is 113 Å². The van der Waals surface area contributed by atoms with Gasteiger partial charge >= 0.3 is 12.0 Å². The zero-order valence-electron chi connectivity index (χ0n) is 11.5. The zero-order chi connectivity index (χ0) is 15.1. The van der Waals surface area contributed by atoms with E-state index < -0.39 is 27.9 Å². The second-order valence-electron chi connectivity index (χ2n) is 4.34. The molecule has 2 atom stereocenters. The van der Waals surface area contributed by atoms with Crippen molar-refractivity contribution in [3.63, 3.8) is 0 Å². The Kier molecular flexibility index (Phi) is 7.43. The van der Waals surface area contributed by atoms with Crippen LogP contribution in [0.5, 0.6) is 0 Å². The third-order valence-corrected chi connectivity index (χ3v) is 4.61. The van der Waals surface area contributed by atoms with Crippen molar-refractivity contribution in [3.8, 4) is 0 Å². The number of carbonyl (C=O) groups excluding carboxylic acids is 1. The van der Waals surface area contributed by atoms with Gasteiger partial charge in [0, 0.05) is 12.3 Å². The summed E-state index contributed by atoms with van der Waals surface area (Å²) in [6, 6.07) is -1.65. The SMILES string of the molecule is CCC(C)[C@H](NC(=O)NCCS(=O)(=O)CC)C(=O)O. The first-order chi connectivity index (χ1) is 8.73. The maximum absolute atomic E-state index is 11.5. The molecule has 0 aromatic carbocycles. The lowest BCUT2D eigenvalue weighted by atomic mass is 9.99. The number of urea groups is 1. The van der Waals surface area contributed by atoms with Crippen molar-refractivity contribution in [2.24, 2.45) is 5.92 Å². The van der Waals surface area contributed by atoms with E-state index in [1.54, 1.807) is 6.92 Å². The van der Waals surface area contributed by atoms with E-state index in [2.05, 4.69) is 10.6 Å². The number of hydrogen-bond donors (Lipinski definition) is 3. The van der Waals surface area contributed by atoms with Crippen molar-refractivity contribution < 1.29 is 23.1 Å². The summed E-state index contributed by atoms with van der Waals surface area (Å²) in [4.78, 5) is 22.4. The Bertz CT molecular complexity index is 407. The quantitative estimate of drug-likeness (QED) is 0.593. The van der Waals surface area contributed by atoms with Gasteiger partial charge in [0.25, 0.3) is 0 Å². The molecule has 0 bridgehead atoms. The van der Waals surface area contributed by atoms with Crippen LogP contribution in [0.15, 0.2) is 0 Å². The fourth-order valence-electron chi connectivity index (χ4n) is 1.34. The normalized spacial score (nSPS) is 14.5. The van der Waals surface area contributed by atoms with Crippen molar-refractivity contribution in [2.45, 2.75) is 33.2 Å². The Morgan fingerprint density at radius 2 is 1.84 bits per heavy atom. The van der Waals surface area contributed by atoms with E-state index in [0.29, 0.717) is 6.42 Å². The molecule has 0 aliphatic carbocycles. The molecular weight excluding hydrogens is 272 g/mol. The van der Waals surface area contributed by atoms with E-state index >= 15 is 0 Å². The molecule has 112 valence electrons. The summed E-state index contributed by atoms with van der Waals surface area (Å²) in [7, 11) is -3.14. The maximum atomic E-state index is 11.5. The van der Waals surface area contributed by atoms with Gasteiger partial charge < -0.3 is 15.7 Å². The van der Waals surface area contributed by atoms with Gasteiger partial charge in [0.2, 0.25) is 0 Å². The lowest BCUT2D eigenvalue weighted by Crippen LogP contribution is -2.49. The van der Waals surface area contributed by atoms with Crippen LogP contribution in [0.2, 0.25) is 0 Å². The van der Waals surface area contributed by atoms with Gasteiger partial charge in [-0.1, -0.05) is 27.2 Å². The molecule has 0 spiro atoms. The molecule has 0 saturated carbocycles. The first-order valence-corrected chi connectivity index (χ1v) is 8.03. The third-order valence-electron chi connectivity index (χ3n) is 2.90. The second kappa shape index (κ2) is 7.98. The number of nitrogens with one attached hydrogen (secondary N) is 2. The van der Waals surface area contributed by atoms with E-state index in [1.807, 2.05) is 6.92 Å². The predicted octanol–water partition coefficient (Wildman–Crippen LogP) is 0.220. The lowest BCUT2D eigenvalue weighted by molar-refractivity contribution is -0.140. The highest BCUT2D eigenvalue weighted by Crippen LogP contribution is 2.07. The summed E-state index contributed by atoms with van der Waals surface area (Å²) in [6.07, 6.45) is 0.613. The van der Waals surface area contributed by atoms with Crippen molar-refractivity contribution >= 4 is 21.8 Å². The van der Waals surface area contributed by atoms with Crippen LogP contribution < -0.4 is 10.6 Å². The number of carbonyl (C=O) groups is 2. The first-order valence-electron chi connectivity index (χ1n) is 6.21. The second-order valence-corrected chi connectivity index (χ2v) is 6.81. The number of sulfone groups is 1. The van der Waals surface area contributed by atoms with E-state index in [4.69, 9.17) is 5.11 Å². The molecule has 1 unspecified atom stereocenters. The molecule has 0 heterocycles. The van der Waals surface area contributed by atoms with Crippen LogP contribution in [-0.2, 0) is 14.6 Å². The van der Waals surface area contributed by atoms with Gasteiger partial charge in [-0.2, -0.15) is 0 Å². The lowest BCUT2D eigenvalue weighted by Gasteiger charge is -2.20. The first kappa shape index (κ1) is 17.7. The van der Waals surface area contributed by atoms with Crippen LogP contribution >= 0.6 is 0 Å². The van der Waals surface area contributed by atoms with Crippen LogP contribution in [0.4, 0.5) is 4.79 Å². The Balaban J connectivity index is 4.26. The highest BCUT2D eigenvalue weighted by Gasteiger charge is 2.25. The van der Waals surface area contributed by atoms with E-state index in [0.717, 1.165) is 0 Å². The molecule has 8 heteroatoms. The van der Waals surface area contributed by atoms with E-state index in [-0.39, 0.29) is 24.0 Å². The highest BCUT2D eigenvalue weighted by molar-refractivity contribution is 7.91. The van der Waals surface area contributed by atoms with Crippen LogP contribution in [0, 0.1) is 5.92 Å². The number of carboxylic acids is 1. The molecule has 0 aliphatic heterocycles. The molecule has 7 nitrogen and oxygen atoms in total. The molecule has 0 fully saturated rings. The summed E-state index contributed by atoms with van der Waals surface area (Å²) >= 11 is 0. The summed E-state index contributed by atoms with van der Waals surface area (Å²) in [6.45, 7) is 5.04. The predicted molar refractivity (Wildman–Crippen MR) is 71.7 cm³/mol. The average molecular weight is 294 g/mol. The monoisotopic (exact) mass is 294 g/mol. The third kappa shape index (κ3) is 7.00. The van der Waals surface area contributed by atoms with Crippen molar-refractivity contribution in [1.82, 2.24) is 10.6 Å². The number of carboxylic acid groups (broad SMARTS) is 1. The molecule has 0 aromatic heterocycles. The average Bonchev–Trinajstić information content (AvgIpc) is 2.34. The largest absolute Gasteiger partial charge is 0.480 e. The number of amides is 2. The van der Waals surface area contributed by atoms with Gasteiger partial charge in [-0.05, 0) is 5.92 Å². The van der Waals surface area contributed by atoms with Crippen molar-refractivity contribution in [1.29, 1.82) is 0 Å². The minimum absolute atomic E-state index is 0.0148. The molecular formula is C11H22N2O5S. The standard InChI is InChI=1S/C11H22N2O5S/c1-4-8(3)9(10(14)15)13-11(16)12-6-7-19(17,18)5-2/h8-9H,4-7H2,1-3H3,(H,14,15)(H2,12,13,16)/t8?,9-/m0/s1. The van der Waals surface area contributed by atoms with Crippen LogP contribution in [0.25, 0.3) is 0 Å². The Morgan fingerprint density at radius 1 is 1.26 bits per heavy atom. The summed E-state index contributed by atoms with van der Waals surface area (Å²) in [5.74, 6) is -1.45. The summed E-state index contributed by atoms with van der Waals surface area (Å²) in [5, 5.41) is 13.6. The molecule has 0 radical (unpaired) electrons. The molecule has 0 aromatic rings. The molecule has 3 N–H and O–H groups in total. The van der Waals surface area contributed by atoms with Crippen LogP contribution in [0.3, 0.4) is 0 Å². The van der Waals surface area contributed by atoms with Crippen LogP contribution in [-0.4, -0.2) is 49.6 Å².